The summed E-state index contributed by atoms with van der Waals surface area (Å²) in [4.78, 5) is 10.9. The first-order valence-corrected chi connectivity index (χ1v) is 4.43. The van der Waals surface area contributed by atoms with Gasteiger partial charge in [0.2, 0.25) is 0 Å². The minimum Gasteiger partial charge on any atom is -0.463 e. The number of allylic oxidation sites excluding steroid dienone is 5. The quantitative estimate of drug-likeness (QED) is 0.380. The Morgan fingerprint density at radius 3 is 2.29 bits per heavy atom. The van der Waals surface area contributed by atoms with Crippen molar-refractivity contribution in [2.75, 3.05) is 6.61 Å². The Kier molecular flexibility index (Phi) is 6.12. The average molecular weight is 192 g/mol. The van der Waals surface area contributed by atoms with Crippen molar-refractivity contribution >= 4 is 5.97 Å². The molecule has 0 aliphatic heterocycles. The number of rotatable bonds is 5. The van der Waals surface area contributed by atoms with Gasteiger partial charge in [0.25, 0.3) is 0 Å². The minimum atomic E-state index is -0.350. The highest BCUT2D eigenvalue weighted by atomic mass is 16.5. The lowest BCUT2D eigenvalue weighted by atomic mass is 10.2. The van der Waals surface area contributed by atoms with Crippen LogP contribution in [-0.2, 0) is 9.53 Å². The maximum atomic E-state index is 10.9. The molecular weight excluding hydrogens is 176 g/mol. The Balaban J connectivity index is 4.05. The molecule has 0 rings (SSSR count). The Bertz CT molecular complexity index is 283. The van der Waals surface area contributed by atoms with Crippen LogP contribution >= 0.6 is 0 Å². The second-order valence-corrected chi connectivity index (χ2v) is 2.84. The minimum absolute atomic E-state index is 0.350. The zero-order valence-electron chi connectivity index (χ0n) is 8.75. The largest absolute Gasteiger partial charge is 0.463 e. The monoisotopic (exact) mass is 192 g/mol. The van der Waals surface area contributed by atoms with Gasteiger partial charge in [0, 0.05) is 6.08 Å². The van der Waals surface area contributed by atoms with Crippen LogP contribution in [0.4, 0.5) is 0 Å². The van der Waals surface area contributed by atoms with E-state index in [-0.39, 0.29) is 5.97 Å². The molecule has 0 radical (unpaired) electrons. The van der Waals surface area contributed by atoms with Gasteiger partial charge in [-0.3, -0.25) is 0 Å². The van der Waals surface area contributed by atoms with Gasteiger partial charge in [0.1, 0.15) is 0 Å². The summed E-state index contributed by atoms with van der Waals surface area (Å²) in [5, 5.41) is 0. The molecule has 0 aromatic rings. The summed E-state index contributed by atoms with van der Waals surface area (Å²) in [5.41, 5.74) is 1.68. The van der Waals surface area contributed by atoms with E-state index in [1.165, 1.54) is 6.08 Å². The van der Waals surface area contributed by atoms with Gasteiger partial charge in [-0.25, -0.2) is 4.79 Å². The van der Waals surface area contributed by atoms with Crippen LogP contribution in [0.5, 0.6) is 0 Å². The molecule has 0 amide bonds. The molecule has 0 aliphatic carbocycles. The molecule has 0 bridgehead atoms. The van der Waals surface area contributed by atoms with E-state index in [1.54, 1.807) is 19.1 Å². The number of carbonyl (C=O) groups excluding carboxylic acids is 1. The maximum absolute atomic E-state index is 10.9. The van der Waals surface area contributed by atoms with Gasteiger partial charge >= 0.3 is 5.97 Å². The molecule has 0 aliphatic rings. The van der Waals surface area contributed by atoms with E-state index in [4.69, 9.17) is 4.74 Å². The lowest BCUT2D eigenvalue weighted by molar-refractivity contribution is -0.137. The third kappa shape index (κ3) is 7.10. The van der Waals surface area contributed by atoms with Gasteiger partial charge in [-0.1, -0.05) is 30.9 Å². The SMILES string of the molecule is C=C(C)/C=C\C(=C)/C=C/C(=O)OCC. The standard InChI is InChI=1S/C12H16O2/c1-5-14-12(13)9-8-11(4)7-6-10(2)3/h6-9H,2,4-5H2,1,3H3/b7-6-,9-8+. The molecule has 0 N–H and O–H groups in total. The third-order valence-electron chi connectivity index (χ3n) is 1.30. The van der Waals surface area contributed by atoms with Crippen molar-refractivity contribution in [3.8, 4) is 0 Å². The van der Waals surface area contributed by atoms with Crippen LogP contribution < -0.4 is 0 Å². The number of esters is 1. The Morgan fingerprint density at radius 1 is 1.21 bits per heavy atom. The van der Waals surface area contributed by atoms with Crippen molar-refractivity contribution in [3.05, 3.63) is 48.6 Å². The lowest BCUT2D eigenvalue weighted by Crippen LogP contribution is -1.98. The number of ether oxygens (including phenoxy) is 1. The zero-order chi connectivity index (χ0) is 11.0. The van der Waals surface area contributed by atoms with Crippen LogP contribution in [-0.4, -0.2) is 12.6 Å². The van der Waals surface area contributed by atoms with Gasteiger partial charge in [-0.05, 0) is 25.5 Å². The molecule has 0 saturated heterocycles. The van der Waals surface area contributed by atoms with Crippen LogP contribution in [0.15, 0.2) is 48.6 Å². The van der Waals surface area contributed by atoms with Crippen molar-refractivity contribution in [1.82, 2.24) is 0 Å². The first-order valence-electron chi connectivity index (χ1n) is 4.43. The van der Waals surface area contributed by atoms with Gasteiger partial charge in [-0.2, -0.15) is 0 Å². The van der Waals surface area contributed by atoms with Gasteiger partial charge < -0.3 is 4.74 Å². The average Bonchev–Trinajstić information content (AvgIpc) is 2.12. The van der Waals surface area contributed by atoms with Crippen molar-refractivity contribution in [3.63, 3.8) is 0 Å². The molecule has 76 valence electrons. The summed E-state index contributed by atoms with van der Waals surface area (Å²) < 4.78 is 4.71. The smallest absolute Gasteiger partial charge is 0.330 e. The van der Waals surface area contributed by atoms with Gasteiger partial charge in [0.15, 0.2) is 0 Å². The fourth-order valence-corrected chi connectivity index (χ4v) is 0.670. The first-order chi connectivity index (χ1) is 6.56. The normalized spacial score (nSPS) is 10.7. The van der Waals surface area contributed by atoms with Crippen LogP contribution in [0.3, 0.4) is 0 Å². The molecule has 0 heterocycles. The summed E-state index contributed by atoms with van der Waals surface area (Å²) in [6.07, 6.45) is 6.59. The Morgan fingerprint density at radius 2 is 1.79 bits per heavy atom. The fraction of sp³-hybridized carbons (Fsp3) is 0.250. The van der Waals surface area contributed by atoms with E-state index in [0.29, 0.717) is 6.61 Å². The molecule has 2 nitrogen and oxygen atoms in total. The van der Waals surface area contributed by atoms with Gasteiger partial charge in [0.05, 0.1) is 6.61 Å². The van der Waals surface area contributed by atoms with E-state index >= 15 is 0 Å². The van der Waals surface area contributed by atoms with Crippen molar-refractivity contribution in [2.45, 2.75) is 13.8 Å². The topological polar surface area (TPSA) is 26.3 Å². The molecule has 0 aromatic heterocycles. The van der Waals surface area contributed by atoms with Crippen LogP contribution in [0.2, 0.25) is 0 Å². The Hall–Kier alpha value is -1.57. The van der Waals surface area contributed by atoms with Crippen LogP contribution in [0.1, 0.15) is 13.8 Å². The predicted molar refractivity (Wildman–Crippen MR) is 58.9 cm³/mol. The van der Waals surface area contributed by atoms with Crippen molar-refractivity contribution in [1.29, 1.82) is 0 Å². The summed E-state index contributed by atoms with van der Waals surface area (Å²) in [6.45, 7) is 11.5. The summed E-state index contributed by atoms with van der Waals surface area (Å²) in [7, 11) is 0. The number of carbonyl (C=O) groups is 1. The second kappa shape index (κ2) is 6.89. The zero-order valence-corrected chi connectivity index (χ0v) is 8.75. The molecule has 0 fully saturated rings. The van der Waals surface area contributed by atoms with E-state index in [0.717, 1.165) is 11.1 Å². The molecule has 0 aromatic carbocycles. The highest BCUT2D eigenvalue weighted by molar-refractivity contribution is 5.82. The van der Waals surface area contributed by atoms with Crippen molar-refractivity contribution in [2.24, 2.45) is 0 Å². The summed E-state index contributed by atoms with van der Waals surface area (Å²) in [5.74, 6) is -0.350. The summed E-state index contributed by atoms with van der Waals surface area (Å²) in [6, 6.07) is 0. The molecule has 0 spiro atoms. The molecular formula is C12H16O2. The highest BCUT2D eigenvalue weighted by Crippen LogP contribution is 1.99. The lowest BCUT2D eigenvalue weighted by Gasteiger charge is -1.94. The maximum Gasteiger partial charge on any atom is 0.330 e. The van der Waals surface area contributed by atoms with E-state index < -0.39 is 0 Å². The van der Waals surface area contributed by atoms with E-state index in [2.05, 4.69) is 13.2 Å². The van der Waals surface area contributed by atoms with Crippen molar-refractivity contribution < 1.29 is 9.53 Å². The second-order valence-electron chi connectivity index (χ2n) is 2.84. The number of hydrogen-bond acceptors (Lipinski definition) is 2. The Labute approximate surface area is 85.3 Å². The van der Waals surface area contributed by atoms with Gasteiger partial charge in [-0.15, -0.1) is 0 Å². The van der Waals surface area contributed by atoms with Crippen LogP contribution in [0.25, 0.3) is 0 Å². The molecule has 0 unspecified atom stereocenters. The molecule has 0 saturated carbocycles. The first kappa shape index (κ1) is 12.4. The molecule has 14 heavy (non-hydrogen) atoms. The number of hydrogen-bond donors (Lipinski definition) is 0. The third-order valence-corrected chi connectivity index (χ3v) is 1.30. The fourth-order valence-electron chi connectivity index (χ4n) is 0.670. The molecule has 0 atom stereocenters. The predicted octanol–water partition coefficient (Wildman–Crippen LogP) is 2.79. The van der Waals surface area contributed by atoms with E-state index in [9.17, 15) is 4.79 Å². The summed E-state index contributed by atoms with van der Waals surface area (Å²) >= 11 is 0. The molecule has 2 heteroatoms. The van der Waals surface area contributed by atoms with E-state index in [1.807, 2.05) is 13.0 Å². The highest BCUT2D eigenvalue weighted by Gasteiger charge is 1.92. The van der Waals surface area contributed by atoms with Crippen LogP contribution in [0, 0.1) is 0 Å².